The Bertz CT molecular complexity index is 699. The van der Waals surface area contributed by atoms with Crippen molar-refractivity contribution < 1.29 is 17.9 Å². The number of nitrogens with zero attached hydrogens (tertiary/aromatic N) is 4. The number of aromatic nitrogens is 2. The fourth-order valence-electron chi connectivity index (χ4n) is 3.52. The molecule has 3 rings (SSSR count). The number of halogens is 3. The lowest BCUT2D eigenvalue weighted by Crippen LogP contribution is -2.42. The van der Waals surface area contributed by atoms with Crippen molar-refractivity contribution in [1.82, 2.24) is 20.2 Å². The number of piperidine rings is 1. The second-order valence-corrected chi connectivity index (χ2v) is 7.71. The highest BCUT2D eigenvalue weighted by atomic mass is 32.1. The number of thiocarbonyl (C=S) groups is 1. The van der Waals surface area contributed by atoms with Crippen molar-refractivity contribution in [2.75, 3.05) is 56.2 Å². The molecular formula is C18H27F3N6OS. The van der Waals surface area contributed by atoms with Crippen molar-refractivity contribution in [1.29, 1.82) is 0 Å². The van der Waals surface area contributed by atoms with Gasteiger partial charge in [-0.1, -0.05) is 0 Å². The minimum atomic E-state index is -4.56. The Kier molecular flexibility index (Phi) is 7.47. The van der Waals surface area contributed by atoms with Gasteiger partial charge in [0.05, 0.1) is 13.2 Å². The summed E-state index contributed by atoms with van der Waals surface area (Å²) in [6.45, 7) is 7.14. The van der Waals surface area contributed by atoms with Crippen LogP contribution >= 0.6 is 12.2 Å². The predicted molar refractivity (Wildman–Crippen MR) is 109 cm³/mol. The Morgan fingerprint density at radius 3 is 2.69 bits per heavy atom. The standard InChI is InChI=1S/C18H27F3N6OS/c1-13-4-2-3-6-27(13)15-12-14(18(19,20)21)23-16(24-15)25-17(29)22-5-7-26-8-10-28-11-9-26/h12-13H,2-11H2,1H3,(H2,22,23,24,25,29)/t13-/m1/s1. The van der Waals surface area contributed by atoms with Crippen molar-refractivity contribution >= 4 is 29.1 Å². The molecule has 1 aromatic rings. The number of hydrogen-bond donors (Lipinski definition) is 2. The van der Waals surface area contributed by atoms with Crippen molar-refractivity contribution in [2.24, 2.45) is 0 Å². The van der Waals surface area contributed by atoms with E-state index in [2.05, 4.69) is 25.5 Å². The Morgan fingerprint density at radius 1 is 1.24 bits per heavy atom. The van der Waals surface area contributed by atoms with Gasteiger partial charge in [-0.2, -0.15) is 18.2 Å². The largest absolute Gasteiger partial charge is 0.433 e. The highest BCUT2D eigenvalue weighted by molar-refractivity contribution is 7.80. The summed E-state index contributed by atoms with van der Waals surface area (Å²) in [7, 11) is 0. The van der Waals surface area contributed by atoms with Gasteiger partial charge in [0.1, 0.15) is 5.82 Å². The first-order valence-corrected chi connectivity index (χ1v) is 10.3. The third kappa shape index (κ3) is 6.38. The van der Waals surface area contributed by atoms with Gasteiger partial charge < -0.3 is 20.3 Å². The highest BCUT2D eigenvalue weighted by Gasteiger charge is 2.35. The SMILES string of the molecule is C[C@@H]1CCCCN1c1cc(C(F)(F)F)nc(NC(=S)NCCN2CCOCC2)n1. The summed E-state index contributed by atoms with van der Waals surface area (Å²) >= 11 is 5.22. The van der Waals surface area contributed by atoms with Gasteiger partial charge in [-0.05, 0) is 38.4 Å². The zero-order chi connectivity index (χ0) is 20.9. The van der Waals surface area contributed by atoms with Gasteiger partial charge in [-0.25, -0.2) is 4.98 Å². The van der Waals surface area contributed by atoms with Crippen molar-refractivity contribution in [3.63, 3.8) is 0 Å². The molecule has 0 aromatic carbocycles. The monoisotopic (exact) mass is 432 g/mol. The summed E-state index contributed by atoms with van der Waals surface area (Å²) in [6, 6.07) is 1.15. The highest BCUT2D eigenvalue weighted by Crippen LogP contribution is 2.32. The van der Waals surface area contributed by atoms with E-state index in [1.807, 2.05) is 11.8 Å². The fourth-order valence-corrected chi connectivity index (χ4v) is 3.71. The molecule has 0 aliphatic carbocycles. The van der Waals surface area contributed by atoms with Crippen LogP contribution in [0.25, 0.3) is 0 Å². The van der Waals surface area contributed by atoms with Crippen molar-refractivity contribution in [2.45, 2.75) is 38.4 Å². The van der Waals surface area contributed by atoms with Crippen LogP contribution in [-0.2, 0) is 10.9 Å². The first kappa shape index (κ1) is 22.0. The smallest absolute Gasteiger partial charge is 0.379 e. The maximum Gasteiger partial charge on any atom is 0.433 e. The molecule has 2 aliphatic rings. The predicted octanol–water partition coefficient (Wildman–Crippen LogP) is 2.49. The van der Waals surface area contributed by atoms with Crippen LogP contribution in [0, 0.1) is 0 Å². The number of anilines is 2. The lowest BCUT2D eigenvalue weighted by atomic mass is 10.0. The molecule has 2 aliphatic heterocycles. The van der Waals surface area contributed by atoms with Gasteiger partial charge in [0.25, 0.3) is 0 Å². The van der Waals surface area contributed by atoms with Crippen LogP contribution in [0.5, 0.6) is 0 Å². The summed E-state index contributed by atoms with van der Waals surface area (Å²) < 4.78 is 45.4. The van der Waals surface area contributed by atoms with E-state index in [0.29, 0.717) is 26.3 Å². The lowest BCUT2D eigenvalue weighted by molar-refractivity contribution is -0.141. The number of rotatable bonds is 5. The van der Waals surface area contributed by atoms with E-state index in [1.54, 1.807) is 0 Å². The van der Waals surface area contributed by atoms with E-state index in [1.165, 1.54) is 0 Å². The molecule has 0 bridgehead atoms. The molecule has 0 radical (unpaired) electrons. The van der Waals surface area contributed by atoms with E-state index in [4.69, 9.17) is 17.0 Å². The Balaban J connectivity index is 1.65. The molecule has 11 heteroatoms. The van der Waals surface area contributed by atoms with Crippen LogP contribution < -0.4 is 15.5 Å². The van der Waals surface area contributed by atoms with Crippen LogP contribution in [0.1, 0.15) is 31.9 Å². The van der Waals surface area contributed by atoms with E-state index >= 15 is 0 Å². The zero-order valence-corrected chi connectivity index (χ0v) is 17.3. The summed E-state index contributed by atoms with van der Waals surface area (Å²) in [6.07, 6.45) is -1.63. The minimum Gasteiger partial charge on any atom is -0.379 e. The molecule has 0 unspecified atom stereocenters. The van der Waals surface area contributed by atoms with Crippen LogP contribution in [-0.4, -0.2) is 72.0 Å². The van der Waals surface area contributed by atoms with E-state index in [0.717, 1.165) is 45.0 Å². The molecular weight excluding hydrogens is 405 g/mol. The van der Waals surface area contributed by atoms with Crippen LogP contribution in [0.3, 0.4) is 0 Å². The number of morpholine rings is 1. The zero-order valence-electron chi connectivity index (χ0n) is 16.5. The second-order valence-electron chi connectivity index (χ2n) is 7.31. The van der Waals surface area contributed by atoms with Gasteiger partial charge in [0.15, 0.2) is 10.8 Å². The average molecular weight is 433 g/mol. The van der Waals surface area contributed by atoms with Gasteiger partial charge in [0, 0.05) is 44.8 Å². The number of nitrogens with one attached hydrogen (secondary N) is 2. The summed E-state index contributed by atoms with van der Waals surface area (Å²) in [5.74, 6) is 0.134. The molecule has 2 fully saturated rings. The first-order chi connectivity index (χ1) is 13.8. The average Bonchev–Trinajstić information content (AvgIpc) is 2.68. The topological polar surface area (TPSA) is 65.6 Å². The first-order valence-electron chi connectivity index (χ1n) is 9.91. The van der Waals surface area contributed by atoms with Crippen LogP contribution in [0.4, 0.5) is 24.9 Å². The third-order valence-corrected chi connectivity index (χ3v) is 5.39. The number of alkyl halides is 3. The van der Waals surface area contributed by atoms with E-state index < -0.39 is 11.9 Å². The molecule has 0 spiro atoms. The molecule has 0 amide bonds. The number of hydrogen-bond acceptors (Lipinski definition) is 6. The fraction of sp³-hybridized carbons (Fsp3) is 0.722. The van der Waals surface area contributed by atoms with Gasteiger partial charge in [0.2, 0.25) is 5.95 Å². The second kappa shape index (κ2) is 9.86. The maximum atomic E-state index is 13.4. The summed E-state index contributed by atoms with van der Waals surface area (Å²) in [5.41, 5.74) is -0.973. The Labute approximate surface area is 174 Å². The molecule has 3 heterocycles. The van der Waals surface area contributed by atoms with Crippen LogP contribution in [0.15, 0.2) is 6.07 Å². The Hall–Kier alpha value is -1.72. The molecule has 29 heavy (non-hydrogen) atoms. The lowest BCUT2D eigenvalue weighted by Gasteiger charge is -2.34. The molecule has 2 saturated heterocycles. The van der Waals surface area contributed by atoms with Crippen molar-refractivity contribution in [3.8, 4) is 0 Å². The van der Waals surface area contributed by atoms with E-state index in [9.17, 15) is 13.2 Å². The molecule has 1 atom stereocenters. The van der Waals surface area contributed by atoms with Crippen LogP contribution in [0.2, 0.25) is 0 Å². The molecule has 1 aromatic heterocycles. The molecule has 2 N–H and O–H groups in total. The minimum absolute atomic E-state index is 0.131. The maximum absolute atomic E-state index is 13.4. The van der Waals surface area contributed by atoms with Crippen molar-refractivity contribution in [3.05, 3.63) is 11.8 Å². The molecule has 162 valence electrons. The Morgan fingerprint density at radius 2 is 2.00 bits per heavy atom. The van der Waals surface area contributed by atoms with Gasteiger partial charge in [-0.15, -0.1) is 0 Å². The normalized spacial score (nSPS) is 21.1. The summed E-state index contributed by atoms with van der Waals surface area (Å²) in [5, 5.41) is 5.93. The number of ether oxygens (including phenoxy) is 1. The third-order valence-electron chi connectivity index (χ3n) is 5.14. The summed E-state index contributed by atoms with van der Waals surface area (Å²) in [4.78, 5) is 12.1. The molecule has 7 nitrogen and oxygen atoms in total. The van der Waals surface area contributed by atoms with Gasteiger partial charge in [-0.3, -0.25) is 4.90 Å². The quantitative estimate of drug-likeness (QED) is 0.688. The van der Waals surface area contributed by atoms with E-state index in [-0.39, 0.29) is 22.9 Å². The van der Waals surface area contributed by atoms with Gasteiger partial charge >= 0.3 is 6.18 Å². The molecule has 0 saturated carbocycles.